The molecule has 0 spiro atoms. The van der Waals surface area contributed by atoms with Crippen LogP contribution in [-0.4, -0.2) is 15.2 Å². The van der Waals surface area contributed by atoms with E-state index in [2.05, 4.69) is 6.92 Å². The van der Waals surface area contributed by atoms with E-state index in [-0.39, 0.29) is 0 Å². The Labute approximate surface area is 72.8 Å². The van der Waals surface area contributed by atoms with Crippen LogP contribution < -0.4 is 0 Å². The van der Waals surface area contributed by atoms with E-state index in [0.717, 1.165) is 10.2 Å². The molecule has 0 amide bonds. The molecule has 0 aromatic heterocycles. The molecule has 0 aliphatic carbocycles. The van der Waals surface area contributed by atoms with Crippen molar-refractivity contribution in [1.29, 1.82) is 0 Å². The van der Waals surface area contributed by atoms with Crippen molar-refractivity contribution >= 4 is 21.8 Å². The fourth-order valence-electron chi connectivity index (χ4n) is 1.03. The smallest absolute Gasteiger partial charge is 0.0254 e. The van der Waals surface area contributed by atoms with Gasteiger partial charge in [0, 0.05) is 15.2 Å². The fourth-order valence-corrected chi connectivity index (χ4v) is 1.59. The lowest BCUT2D eigenvalue weighted by molar-refractivity contribution is 0.620. The number of unbranched alkanes of at least 4 members (excludes halogenated alkanes) is 4. The molecule has 0 aromatic rings. The molecular weight excluding hydrogens is 160 g/mol. The van der Waals surface area contributed by atoms with E-state index < -0.39 is 0 Å². The normalized spacial score (nSPS) is 13.8. The summed E-state index contributed by atoms with van der Waals surface area (Å²) in [5.41, 5.74) is 0. The minimum absolute atomic E-state index is 0.515. The SMILES string of the molecule is CCCCCCCC([SiH3])Cl. The van der Waals surface area contributed by atoms with Crippen LogP contribution in [0.5, 0.6) is 0 Å². The Kier molecular flexibility index (Phi) is 8.00. The molecule has 0 fully saturated rings. The lowest BCUT2D eigenvalue weighted by Gasteiger charge is -2.01. The second-order valence-corrected chi connectivity index (χ2v) is 5.85. The van der Waals surface area contributed by atoms with E-state index in [9.17, 15) is 0 Å². The third-order valence-electron chi connectivity index (χ3n) is 1.71. The highest BCUT2D eigenvalue weighted by molar-refractivity contribution is 6.40. The molecule has 0 nitrogen and oxygen atoms in total. The highest BCUT2D eigenvalue weighted by atomic mass is 35.5. The molecule has 0 aromatic carbocycles. The Morgan fingerprint density at radius 2 is 1.80 bits per heavy atom. The summed E-state index contributed by atoms with van der Waals surface area (Å²) < 4.78 is 0. The zero-order valence-electron chi connectivity index (χ0n) is 7.20. The molecule has 0 aliphatic rings. The van der Waals surface area contributed by atoms with Crippen LogP contribution in [0.4, 0.5) is 0 Å². The summed E-state index contributed by atoms with van der Waals surface area (Å²) in [6.45, 7) is 2.25. The van der Waals surface area contributed by atoms with Crippen LogP contribution >= 0.6 is 11.6 Å². The van der Waals surface area contributed by atoms with Gasteiger partial charge < -0.3 is 0 Å². The van der Waals surface area contributed by atoms with Gasteiger partial charge in [-0.25, -0.2) is 0 Å². The van der Waals surface area contributed by atoms with Gasteiger partial charge in [-0.1, -0.05) is 39.0 Å². The molecule has 0 aliphatic heterocycles. The van der Waals surface area contributed by atoms with Gasteiger partial charge in [-0.3, -0.25) is 0 Å². The first-order valence-corrected chi connectivity index (χ1v) is 6.00. The highest BCUT2D eigenvalue weighted by Gasteiger charge is 1.94. The quantitative estimate of drug-likeness (QED) is 0.333. The van der Waals surface area contributed by atoms with E-state index in [4.69, 9.17) is 11.6 Å². The lowest BCUT2D eigenvalue weighted by atomic mass is 10.1. The molecule has 10 heavy (non-hydrogen) atoms. The van der Waals surface area contributed by atoms with Gasteiger partial charge in [-0.05, 0) is 6.42 Å². The number of hydrogen-bond donors (Lipinski definition) is 0. The predicted octanol–water partition coefficient (Wildman–Crippen LogP) is 2.28. The van der Waals surface area contributed by atoms with Gasteiger partial charge in [-0.15, -0.1) is 11.6 Å². The van der Waals surface area contributed by atoms with Crippen molar-refractivity contribution in [3.63, 3.8) is 0 Å². The second-order valence-electron chi connectivity index (χ2n) is 2.98. The average Bonchev–Trinajstić information content (AvgIpc) is 1.87. The second kappa shape index (κ2) is 7.61. The Bertz CT molecular complexity index is 64.3. The maximum Gasteiger partial charge on any atom is 0.0254 e. The first-order chi connectivity index (χ1) is 4.77. The average molecular weight is 179 g/mol. The summed E-state index contributed by atoms with van der Waals surface area (Å²) in [5.74, 6) is 0. The van der Waals surface area contributed by atoms with Crippen LogP contribution in [-0.2, 0) is 0 Å². The van der Waals surface area contributed by atoms with E-state index in [0.29, 0.717) is 5.00 Å². The molecule has 0 radical (unpaired) electrons. The van der Waals surface area contributed by atoms with E-state index in [1.165, 1.54) is 38.5 Å². The van der Waals surface area contributed by atoms with Crippen molar-refractivity contribution in [3.8, 4) is 0 Å². The third-order valence-corrected chi connectivity index (χ3v) is 2.50. The van der Waals surface area contributed by atoms with Crippen LogP contribution in [0.2, 0.25) is 0 Å². The monoisotopic (exact) mass is 178 g/mol. The van der Waals surface area contributed by atoms with Crippen molar-refractivity contribution < 1.29 is 0 Å². The first-order valence-electron chi connectivity index (χ1n) is 4.41. The topological polar surface area (TPSA) is 0 Å². The van der Waals surface area contributed by atoms with Crippen LogP contribution in [0.15, 0.2) is 0 Å². The van der Waals surface area contributed by atoms with E-state index in [1.54, 1.807) is 0 Å². The third kappa shape index (κ3) is 8.51. The number of hydrogen-bond acceptors (Lipinski definition) is 0. The van der Waals surface area contributed by atoms with Crippen molar-refractivity contribution in [2.24, 2.45) is 0 Å². The minimum atomic E-state index is 0.515. The molecule has 1 atom stereocenters. The molecule has 0 saturated carbocycles. The van der Waals surface area contributed by atoms with Crippen molar-refractivity contribution in [2.45, 2.75) is 50.4 Å². The van der Waals surface area contributed by atoms with E-state index >= 15 is 0 Å². The Hall–Kier alpha value is 0.507. The number of halogens is 1. The van der Waals surface area contributed by atoms with Crippen LogP contribution in [0.25, 0.3) is 0 Å². The molecular formula is C8H19ClSi. The van der Waals surface area contributed by atoms with Crippen LogP contribution in [0, 0.1) is 0 Å². The first kappa shape index (κ1) is 10.5. The molecule has 62 valence electrons. The van der Waals surface area contributed by atoms with Crippen molar-refractivity contribution in [3.05, 3.63) is 0 Å². The summed E-state index contributed by atoms with van der Waals surface area (Å²) in [6, 6.07) is 0. The van der Waals surface area contributed by atoms with Gasteiger partial charge >= 0.3 is 0 Å². The molecule has 0 bridgehead atoms. The van der Waals surface area contributed by atoms with Crippen molar-refractivity contribution in [1.82, 2.24) is 0 Å². The van der Waals surface area contributed by atoms with Crippen LogP contribution in [0.1, 0.15) is 45.4 Å². The molecule has 2 heteroatoms. The Balaban J connectivity index is 2.77. The fraction of sp³-hybridized carbons (Fsp3) is 1.00. The largest absolute Gasteiger partial charge is 0.128 e. The van der Waals surface area contributed by atoms with Gasteiger partial charge in [0.05, 0.1) is 0 Å². The minimum Gasteiger partial charge on any atom is -0.128 e. The Morgan fingerprint density at radius 3 is 2.30 bits per heavy atom. The summed E-state index contributed by atoms with van der Waals surface area (Å²) in [7, 11) is 1.15. The summed E-state index contributed by atoms with van der Waals surface area (Å²) in [5, 5.41) is 0.515. The zero-order chi connectivity index (χ0) is 7.82. The van der Waals surface area contributed by atoms with Gasteiger partial charge in [-0.2, -0.15) is 0 Å². The van der Waals surface area contributed by atoms with Crippen LogP contribution in [0.3, 0.4) is 0 Å². The Morgan fingerprint density at radius 1 is 1.20 bits per heavy atom. The molecule has 0 rings (SSSR count). The number of alkyl halides is 1. The standard InChI is InChI=1S/C8H19ClSi/c1-2-3-4-5-6-7-8(9)10/h8H,2-7H2,1,10H3. The maximum atomic E-state index is 5.85. The molecule has 1 unspecified atom stereocenters. The van der Waals surface area contributed by atoms with Gasteiger partial charge in [0.25, 0.3) is 0 Å². The summed E-state index contributed by atoms with van der Waals surface area (Å²) >= 11 is 5.85. The van der Waals surface area contributed by atoms with Gasteiger partial charge in [0.1, 0.15) is 0 Å². The maximum absolute atomic E-state index is 5.85. The van der Waals surface area contributed by atoms with Crippen molar-refractivity contribution in [2.75, 3.05) is 0 Å². The highest BCUT2D eigenvalue weighted by Crippen LogP contribution is 2.08. The molecule has 0 heterocycles. The van der Waals surface area contributed by atoms with Gasteiger partial charge in [0.2, 0.25) is 0 Å². The summed E-state index contributed by atoms with van der Waals surface area (Å²) in [6.07, 6.45) is 8.12. The zero-order valence-corrected chi connectivity index (χ0v) is 9.95. The lowest BCUT2D eigenvalue weighted by Crippen LogP contribution is -1.95. The molecule has 0 N–H and O–H groups in total. The predicted molar refractivity (Wildman–Crippen MR) is 53.0 cm³/mol. The van der Waals surface area contributed by atoms with Gasteiger partial charge in [0.15, 0.2) is 0 Å². The summed E-state index contributed by atoms with van der Waals surface area (Å²) in [4.78, 5) is 0. The van der Waals surface area contributed by atoms with E-state index in [1.807, 2.05) is 0 Å². The number of rotatable bonds is 6. The molecule has 0 saturated heterocycles.